The normalized spacial score (nSPS) is 15.7. The van der Waals surface area contributed by atoms with Crippen LogP contribution in [0.4, 0.5) is 14.5 Å². The van der Waals surface area contributed by atoms with Crippen molar-refractivity contribution >= 4 is 5.69 Å². The summed E-state index contributed by atoms with van der Waals surface area (Å²) in [4.78, 5) is 1.82. The van der Waals surface area contributed by atoms with Crippen LogP contribution in [-0.4, -0.2) is 13.1 Å². The van der Waals surface area contributed by atoms with E-state index in [1.807, 2.05) is 4.90 Å². The Hall–Kier alpha value is -1.12. The van der Waals surface area contributed by atoms with E-state index in [1.165, 1.54) is 12.1 Å². The van der Waals surface area contributed by atoms with E-state index in [0.29, 0.717) is 5.92 Å². The first kappa shape index (κ1) is 13.3. The molecule has 1 nitrogen and oxygen atoms in total. The molecule has 1 aliphatic rings. The molecule has 1 fully saturated rings. The van der Waals surface area contributed by atoms with Gasteiger partial charge in [0.25, 0.3) is 0 Å². The zero-order valence-corrected chi connectivity index (χ0v) is 11.2. The average molecular weight is 253 g/mol. The molecule has 1 aromatic carbocycles. The highest BCUT2D eigenvalue weighted by Crippen LogP contribution is 2.28. The van der Waals surface area contributed by atoms with Crippen molar-refractivity contribution in [3.63, 3.8) is 0 Å². The van der Waals surface area contributed by atoms with Crippen LogP contribution in [0, 0.1) is 17.6 Å². The Morgan fingerprint density at radius 3 is 2.17 bits per heavy atom. The van der Waals surface area contributed by atoms with Crippen LogP contribution in [0.3, 0.4) is 0 Å². The predicted octanol–water partition coefficient (Wildman–Crippen LogP) is 4.15. The molecule has 0 unspecified atom stereocenters. The van der Waals surface area contributed by atoms with Crippen LogP contribution in [0.25, 0.3) is 0 Å². The molecule has 1 aromatic rings. The van der Waals surface area contributed by atoms with Gasteiger partial charge in [0, 0.05) is 13.1 Å². The van der Waals surface area contributed by atoms with E-state index in [9.17, 15) is 8.78 Å². The van der Waals surface area contributed by atoms with E-state index < -0.39 is 11.6 Å². The number of hydrogen-bond donors (Lipinski definition) is 0. The molecular weight excluding hydrogens is 232 g/mol. The second-order valence-corrected chi connectivity index (χ2v) is 5.53. The lowest BCUT2D eigenvalue weighted by Crippen LogP contribution is -2.20. The summed E-state index contributed by atoms with van der Waals surface area (Å²) in [5.41, 5.74) is 0.933. The van der Waals surface area contributed by atoms with Crippen LogP contribution in [0.15, 0.2) is 12.1 Å². The number of benzene rings is 1. The van der Waals surface area contributed by atoms with Gasteiger partial charge >= 0.3 is 0 Å². The molecule has 100 valence electrons. The maximum absolute atomic E-state index is 14.0. The van der Waals surface area contributed by atoms with Gasteiger partial charge in [-0.15, -0.1) is 0 Å². The molecule has 0 radical (unpaired) electrons. The minimum absolute atomic E-state index is 0.167. The zero-order chi connectivity index (χ0) is 13.1. The Kier molecular flexibility index (Phi) is 4.20. The molecule has 0 spiro atoms. The Morgan fingerprint density at radius 1 is 1.11 bits per heavy atom. The summed E-state index contributed by atoms with van der Waals surface area (Å²) in [7, 11) is 0. The SMILES string of the molecule is CC(C)CCc1cc(F)c(N2CCCC2)c(F)c1. The molecule has 2 rings (SSSR count). The molecule has 3 heteroatoms. The standard InChI is InChI=1S/C15H21F2N/c1-11(2)5-6-12-9-13(16)15(14(17)10-12)18-7-3-4-8-18/h9-11H,3-8H2,1-2H3. The van der Waals surface area contributed by atoms with Gasteiger partial charge in [-0.05, 0) is 49.3 Å². The molecule has 0 bridgehead atoms. The summed E-state index contributed by atoms with van der Waals surface area (Å²) >= 11 is 0. The number of anilines is 1. The molecular formula is C15H21F2N. The van der Waals surface area contributed by atoms with Gasteiger partial charge < -0.3 is 4.90 Å². The van der Waals surface area contributed by atoms with Gasteiger partial charge in [-0.1, -0.05) is 13.8 Å². The Labute approximate surface area is 108 Å². The first-order chi connectivity index (χ1) is 8.58. The summed E-state index contributed by atoms with van der Waals surface area (Å²) < 4.78 is 28.0. The van der Waals surface area contributed by atoms with Gasteiger partial charge in [-0.25, -0.2) is 8.78 Å². The fraction of sp³-hybridized carbons (Fsp3) is 0.600. The molecule has 0 amide bonds. The van der Waals surface area contributed by atoms with Crippen molar-refractivity contribution in [1.29, 1.82) is 0 Å². The van der Waals surface area contributed by atoms with Gasteiger partial charge in [-0.3, -0.25) is 0 Å². The van der Waals surface area contributed by atoms with Gasteiger partial charge in [0.15, 0.2) is 0 Å². The van der Waals surface area contributed by atoms with Gasteiger partial charge in [0.2, 0.25) is 0 Å². The molecule has 0 aromatic heterocycles. The number of aryl methyl sites for hydroxylation is 1. The van der Waals surface area contributed by atoms with Crippen LogP contribution >= 0.6 is 0 Å². The van der Waals surface area contributed by atoms with Crippen LogP contribution < -0.4 is 4.90 Å². The van der Waals surface area contributed by atoms with Crippen molar-refractivity contribution < 1.29 is 8.78 Å². The average Bonchev–Trinajstić information content (AvgIpc) is 2.79. The van der Waals surface area contributed by atoms with Gasteiger partial charge in [0.05, 0.1) is 0 Å². The van der Waals surface area contributed by atoms with Crippen molar-refractivity contribution in [2.75, 3.05) is 18.0 Å². The largest absolute Gasteiger partial charge is 0.367 e. The van der Waals surface area contributed by atoms with Crippen molar-refractivity contribution in [1.82, 2.24) is 0 Å². The topological polar surface area (TPSA) is 3.24 Å². The third-order valence-electron chi connectivity index (χ3n) is 3.51. The summed E-state index contributed by atoms with van der Waals surface area (Å²) in [6, 6.07) is 3.00. The van der Waals surface area contributed by atoms with Crippen LogP contribution in [0.1, 0.15) is 38.7 Å². The zero-order valence-electron chi connectivity index (χ0n) is 11.2. The first-order valence-corrected chi connectivity index (χ1v) is 6.81. The van der Waals surface area contributed by atoms with E-state index in [2.05, 4.69) is 13.8 Å². The Bertz CT molecular complexity index is 386. The highest BCUT2D eigenvalue weighted by Gasteiger charge is 2.20. The van der Waals surface area contributed by atoms with E-state index in [4.69, 9.17) is 0 Å². The Balaban J connectivity index is 2.18. The number of halogens is 2. The quantitative estimate of drug-likeness (QED) is 0.779. The monoisotopic (exact) mass is 253 g/mol. The van der Waals surface area contributed by atoms with Crippen LogP contribution in [0.2, 0.25) is 0 Å². The lowest BCUT2D eigenvalue weighted by Gasteiger charge is -2.19. The van der Waals surface area contributed by atoms with Gasteiger partial charge in [-0.2, -0.15) is 0 Å². The van der Waals surface area contributed by atoms with Crippen LogP contribution in [-0.2, 0) is 6.42 Å². The third kappa shape index (κ3) is 3.01. The van der Waals surface area contributed by atoms with Crippen molar-refractivity contribution in [2.24, 2.45) is 5.92 Å². The smallest absolute Gasteiger partial charge is 0.149 e. The van der Waals surface area contributed by atoms with Crippen molar-refractivity contribution in [2.45, 2.75) is 39.5 Å². The number of hydrogen-bond acceptors (Lipinski definition) is 1. The predicted molar refractivity (Wildman–Crippen MR) is 71.0 cm³/mol. The van der Waals surface area contributed by atoms with Crippen LogP contribution in [0.5, 0.6) is 0 Å². The van der Waals surface area contributed by atoms with E-state index in [-0.39, 0.29) is 5.69 Å². The molecule has 0 atom stereocenters. The maximum Gasteiger partial charge on any atom is 0.149 e. The molecule has 18 heavy (non-hydrogen) atoms. The van der Waals surface area contributed by atoms with E-state index in [1.54, 1.807) is 0 Å². The third-order valence-corrected chi connectivity index (χ3v) is 3.51. The van der Waals surface area contributed by atoms with Crippen molar-refractivity contribution in [3.8, 4) is 0 Å². The Morgan fingerprint density at radius 2 is 1.67 bits per heavy atom. The highest BCUT2D eigenvalue weighted by molar-refractivity contribution is 5.51. The summed E-state index contributed by atoms with van der Waals surface area (Å²) in [6.45, 7) is 5.76. The lowest BCUT2D eigenvalue weighted by atomic mass is 10.0. The highest BCUT2D eigenvalue weighted by atomic mass is 19.1. The second kappa shape index (κ2) is 5.68. The summed E-state index contributed by atoms with van der Waals surface area (Å²) in [6.07, 6.45) is 3.75. The minimum Gasteiger partial charge on any atom is -0.367 e. The molecule has 1 heterocycles. The fourth-order valence-corrected chi connectivity index (χ4v) is 2.46. The summed E-state index contributed by atoms with van der Waals surface area (Å²) in [5.74, 6) is -0.263. The minimum atomic E-state index is -0.407. The molecule has 1 aliphatic heterocycles. The summed E-state index contributed by atoms with van der Waals surface area (Å²) in [5, 5.41) is 0. The van der Waals surface area contributed by atoms with Gasteiger partial charge in [0.1, 0.15) is 17.3 Å². The van der Waals surface area contributed by atoms with E-state index in [0.717, 1.165) is 44.3 Å². The number of nitrogens with zero attached hydrogens (tertiary/aromatic N) is 1. The first-order valence-electron chi connectivity index (χ1n) is 6.81. The molecule has 0 aliphatic carbocycles. The molecule has 1 saturated heterocycles. The fourth-order valence-electron chi connectivity index (χ4n) is 2.46. The maximum atomic E-state index is 14.0. The molecule has 0 saturated carbocycles. The van der Waals surface area contributed by atoms with E-state index >= 15 is 0 Å². The molecule has 0 N–H and O–H groups in total. The van der Waals surface area contributed by atoms with Crippen molar-refractivity contribution in [3.05, 3.63) is 29.3 Å². The second-order valence-electron chi connectivity index (χ2n) is 5.53. The number of rotatable bonds is 4. The lowest BCUT2D eigenvalue weighted by molar-refractivity contribution is 0.560.